The first-order chi connectivity index (χ1) is 13.3. The number of nitrogens with zero attached hydrogens (tertiary/aromatic N) is 1. The molecule has 2 aromatic carbocycles. The van der Waals surface area contributed by atoms with Crippen molar-refractivity contribution in [3.05, 3.63) is 47.0 Å². The third-order valence-corrected chi connectivity index (χ3v) is 5.64. The predicted molar refractivity (Wildman–Crippen MR) is 107 cm³/mol. The van der Waals surface area contributed by atoms with E-state index in [1.165, 1.54) is 6.42 Å². The molecule has 0 aromatic heterocycles. The number of rotatable bonds is 8. The van der Waals surface area contributed by atoms with Crippen molar-refractivity contribution in [3.8, 4) is 0 Å². The Hall–Kier alpha value is -2.25. The van der Waals surface area contributed by atoms with Gasteiger partial charge in [-0.05, 0) is 35.4 Å². The quantitative estimate of drug-likeness (QED) is 0.620. The maximum atomic E-state index is 12.7. The van der Waals surface area contributed by atoms with Crippen LogP contribution in [0.25, 0.3) is 10.8 Å². The van der Waals surface area contributed by atoms with Crippen molar-refractivity contribution in [1.29, 1.82) is 0 Å². The Labute approximate surface area is 165 Å². The summed E-state index contributed by atoms with van der Waals surface area (Å²) in [5.74, 6) is -0.982. The number of benzene rings is 2. The minimum atomic E-state index is -4.01. The number of hydrogen-bond acceptors (Lipinski definition) is 5. The van der Waals surface area contributed by atoms with Gasteiger partial charge in [-0.2, -0.15) is 8.42 Å². The lowest BCUT2D eigenvalue weighted by Crippen LogP contribution is -2.41. The fraction of sp³-hybridized carbons (Fsp3) is 0.429. The summed E-state index contributed by atoms with van der Waals surface area (Å²) in [4.78, 5) is 25.5. The van der Waals surface area contributed by atoms with Gasteiger partial charge in [-0.1, -0.05) is 57.7 Å². The highest BCUT2D eigenvalue weighted by molar-refractivity contribution is 7.85. The smallest absolute Gasteiger partial charge is 0.266 e. The van der Waals surface area contributed by atoms with Crippen LogP contribution < -0.4 is 0 Å². The molecule has 1 atom stereocenters. The topological polar surface area (TPSA) is 80.8 Å². The van der Waals surface area contributed by atoms with E-state index in [1.807, 2.05) is 12.1 Å². The number of amides is 2. The molecule has 0 saturated carbocycles. The van der Waals surface area contributed by atoms with Crippen molar-refractivity contribution < 1.29 is 22.3 Å². The van der Waals surface area contributed by atoms with Gasteiger partial charge >= 0.3 is 0 Å². The molecule has 0 radical (unpaired) electrons. The molecule has 0 spiro atoms. The molecule has 6 nitrogen and oxygen atoms in total. The summed E-state index contributed by atoms with van der Waals surface area (Å²) < 4.78 is 27.6. The molecule has 2 amide bonds. The van der Waals surface area contributed by atoms with Crippen molar-refractivity contribution in [2.24, 2.45) is 5.92 Å². The molecule has 0 aliphatic carbocycles. The molecule has 3 rings (SSSR count). The summed E-state index contributed by atoms with van der Waals surface area (Å²) in [6, 6.07) is 8.84. The van der Waals surface area contributed by atoms with Gasteiger partial charge < -0.3 is 0 Å². The summed E-state index contributed by atoms with van der Waals surface area (Å²) >= 11 is 0. The number of hydrogen-bond donors (Lipinski definition) is 0. The van der Waals surface area contributed by atoms with E-state index in [1.54, 1.807) is 18.2 Å². The van der Waals surface area contributed by atoms with Gasteiger partial charge in [0.15, 0.2) is 0 Å². The van der Waals surface area contributed by atoms with Crippen molar-refractivity contribution in [3.63, 3.8) is 0 Å². The lowest BCUT2D eigenvalue weighted by atomic mass is 9.86. The molecule has 1 heterocycles. The molecule has 1 aliphatic rings. The zero-order valence-electron chi connectivity index (χ0n) is 16.4. The van der Waals surface area contributed by atoms with Crippen LogP contribution in [0.3, 0.4) is 0 Å². The molecule has 0 bridgehead atoms. The fourth-order valence-corrected chi connectivity index (χ4v) is 4.18. The molecule has 0 N–H and O–H groups in total. The van der Waals surface area contributed by atoms with E-state index in [0.29, 0.717) is 16.4 Å². The zero-order chi connectivity index (χ0) is 20.5. The van der Waals surface area contributed by atoms with Gasteiger partial charge in [-0.15, -0.1) is 9.35 Å². The van der Waals surface area contributed by atoms with Gasteiger partial charge in [-0.25, -0.2) is 0 Å². The van der Waals surface area contributed by atoms with Crippen LogP contribution >= 0.6 is 0 Å². The lowest BCUT2D eigenvalue weighted by molar-refractivity contribution is -0.0149. The maximum Gasteiger partial charge on any atom is 0.286 e. The summed E-state index contributed by atoms with van der Waals surface area (Å²) in [6.45, 7) is 4.36. The van der Waals surface area contributed by atoms with Crippen LogP contribution in [0.2, 0.25) is 0 Å². The highest BCUT2D eigenvalue weighted by atomic mass is 32.2. The highest BCUT2D eigenvalue weighted by Crippen LogP contribution is 2.34. The number of unbranched alkanes of at least 4 members (excludes halogenated alkanes) is 1. The molecule has 1 aliphatic heterocycles. The molecule has 28 heavy (non-hydrogen) atoms. The van der Waals surface area contributed by atoms with E-state index in [-0.39, 0.29) is 11.1 Å². The summed E-state index contributed by atoms with van der Waals surface area (Å²) in [6.07, 6.45) is 6.21. The first-order valence-electron chi connectivity index (χ1n) is 9.59. The van der Waals surface area contributed by atoms with Gasteiger partial charge in [0.05, 0.1) is 17.4 Å². The first-order valence-corrected chi connectivity index (χ1v) is 11.4. The third-order valence-electron chi connectivity index (χ3n) is 5.22. The Morgan fingerprint density at radius 2 is 1.71 bits per heavy atom. The lowest BCUT2D eigenvalue weighted by Gasteiger charge is -2.26. The molecule has 2 aromatic rings. The SMILES string of the molecule is CCCCC(CC)Cc1ccc2c3c(cccc13)C(=O)N(OS(C)(=O)=O)C2=O. The van der Waals surface area contributed by atoms with E-state index >= 15 is 0 Å². The standard InChI is InChI=1S/C21H25NO5S/c1-4-6-8-14(5-2)13-15-11-12-18-19-16(15)9-7-10-17(19)20(23)22(21(18)24)27-28(3,25)26/h7,9-12,14H,4-6,8,13H2,1-3H3. The molecular weight excluding hydrogens is 378 g/mol. The van der Waals surface area contributed by atoms with Gasteiger partial charge in [0.2, 0.25) is 0 Å². The van der Waals surface area contributed by atoms with Crippen LogP contribution in [-0.4, -0.2) is 31.6 Å². The summed E-state index contributed by atoms with van der Waals surface area (Å²) in [7, 11) is -4.01. The monoisotopic (exact) mass is 403 g/mol. The predicted octanol–water partition coefficient (Wildman–Crippen LogP) is 4.09. The van der Waals surface area contributed by atoms with Crippen LogP contribution in [0.1, 0.15) is 65.8 Å². The fourth-order valence-electron chi connectivity index (χ4n) is 3.77. The van der Waals surface area contributed by atoms with Crippen molar-refractivity contribution in [2.75, 3.05) is 6.26 Å². The zero-order valence-corrected chi connectivity index (χ0v) is 17.2. The largest absolute Gasteiger partial charge is 0.286 e. The number of hydroxylamine groups is 2. The molecule has 0 saturated heterocycles. The summed E-state index contributed by atoms with van der Waals surface area (Å²) in [5, 5.41) is 1.78. The Morgan fingerprint density at radius 1 is 1.04 bits per heavy atom. The second-order valence-corrected chi connectivity index (χ2v) is 8.86. The molecule has 7 heteroatoms. The Kier molecular flexibility index (Phi) is 5.86. The number of carbonyl (C=O) groups is 2. The minimum Gasteiger partial charge on any atom is -0.266 e. The Morgan fingerprint density at radius 3 is 2.32 bits per heavy atom. The maximum absolute atomic E-state index is 12.7. The molecule has 0 fully saturated rings. The number of carbonyl (C=O) groups excluding carboxylic acids is 2. The summed E-state index contributed by atoms with van der Waals surface area (Å²) in [5.41, 5.74) is 1.65. The number of imide groups is 1. The van der Waals surface area contributed by atoms with Gasteiger partial charge in [0.25, 0.3) is 21.9 Å². The molecular formula is C21H25NO5S. The van der Waals surface area contributed by atoms with Gasteiger partial charge in [-0.3, -0.25) is 9.59 Å². The second kappa shape index (κ2) is 8.01. The Bertz CT molecular complexity index is 1010. The van der Waals surface area contributed by atoms with E-state index in [2.05, 4.69) is 18.1 Å². The Balaban J connectivity index is 2.07. The average molecular weight is 404 g/mol. The van der Waals surface area contributed by atoms with Crippen LogP contribution in [0.5, 0.6) is 0 Å². The average Bonchev–Trinajstić information content (AvgIpc) is 2.66. The van der Waals surface area contributed by atoms with E-state index in [4.69, 9.17) is 0 Å². The minimum absolute atomic E-state index is 0.277. The molecule has 1 unspecified atom stereocenters. The van der Waals surface area contributed by atoms with E-state index < -0.39 is 21.9 Å². The van der Waals surface area contributed by atoms with Crippen LogP contribution in [-0.2, 0) is 20.8 Å². The van der Waals surface area contributed by atoms with Crippen molar-refractivity contribution in [2.45, 2.75) is 46.0 Å². The first kappa shape index (κ1) is 20.5. The van der Waals surface area contributed by atoms with Crippen LogP contribution in [0, 0.1) is 5.92 Å². The van der Waals surface area contributed by atoms with Crippen molar-refractivity contribution in [1.82, 2.24) is 5.06 Å². The second-order valence-electron chi connectivity index (χ2n) is 7.30. The van der Waals surface area contributed by atoms with Crippen LogP contribution in [0.15, 0.2) is 30.3 Å². The highest BCUT2D eigenvalue weighted by Gasteiger charge is 2.36. The van der Waals surface area contributed by atoms with E-state index in [9.17, 15) is 18.0 Å². The van der Waals surface area contributed by atoms with Gasteiger partial charge in [0.1, 0.15) is 0 Å². The third kappa shape index (κ3) is 3.95. The van der Waals surface area contributed by atoms with Crippen molar-refractivity contribution >= 4 is 32.7 Å². The van der Waals surface area contributed by atoms with E-state index in [0.717, 1.165) is 42.9 Å². The normalized spacial score (nSPS) is 15.3. The van der Waals surface area contributed by atoms with Gasteiger partial charge in [0, 0.05) is 5.39 Å². The molecule has 150 valence electrons. The van der Waals surface area contributed by atoms with Crippen LogP contribution in [0.4, 0.5) is 0 Å².